The minimum atomic E-state index is 0.00395. The van der Waals surface area contributed by atoms with Gasteiger partial charge in [0.05, 0.1) is 25.3 Å². The second-order valence-corrected chi connectivity index (χ2v) is 4.38. The van der Waals surface area contributed by atoms with Gasteiger partial charge in [-0.25, -0.2) is 4.68 Å². The van der Waals surface area contributed by atoms with Gasteiger partial charge in [0.2, 0.25) is 0 Å². The number of ether oxygens (including phenoxy) is 2. The number of nitrogens with two attached hydrogens (primary N) is 1. The molecule has 0 aliphatic rings. The number of nitrogen functional groups attached to an aromatic ring is 1. The molecule has 1 aromatic carbocycles. The van der Waals surface area contributed by atoms with E-state index in [0.29, 0.717) is 36.0 Å². The zero-order valence-electron chi connectivity index (χ0n) is 11.9. The van der Waals surface area contributed by atoms with E-state index in [9.17, 15) is 0 Å². The molecule has 1 unspecified atom stereocenters. The first kappa shape index (κ1) is 14.3. The summed E-state index contributed by atoms with van der Waals surface area (Å²) in [4.78, 5) is 0. The van der Waals surface area contributed by atoms with E-state index in [1.54, 1.807) is 17.9 Å². The molecule has 0 aliphatic heterocycles. The zero-order chi connectivity index (χ0) is 14.5. The summed E-state index contributed by atoms with van der Waals surface area (Å²) >= 11 is 0. The van der Waals surface area contributed by atoms with Crippen LogP contribution in [0.3, 0.4) is 0 Å². The zero-order valence-corrected chi connectivity index (χ0v) is 11.9. The van der Waals surface area contributed by atoms with Gasteiger partial charge in [0, 0.05) is 12.3 Å². The van der Waals surface area contributed by atoms with Crippen LogP contribution in [0.4, 0.5) is 5.69 Å². The van der Waals surface area contributed by atoms with E-state index in [-0.39, 0.29) is 6.04 Å². The number of hydrogen-bond acceptors (Lipinski definition) is 6. The summed E-state index contributed by atoms with van der Waals surface area (Å²) in [5.41, 5.74) is 7.31. The second kappa shape index (κ2) is 6.33. The van der Waals surface area contributed by atoms with Crippen LogP contribution < -0.4 is 10.5 Å². The van der Waals surface area contributed by atoms with E-state index in [1.807, 2.05) is 26.0 Å². The van der Waals surface area contributed by atoms with E-state index < -0.39 is 0 Å². The van der Waals surface area contributed by atoms with E-state index in [2.05, 4.69) is 15.5 Å². The number of nitrogens with zero attached hydrogens (tertiary/aromatic N) is 4. The van der Waals surface area contributed by atoms with Crippen LogP contribution in [0.2, 0.25) is 0 Å². The average molecular weight is 277 g/mol. The molecule has 2 N–H and O–H groups in total. The van der Waals surface area contributed by atoms with Gasteiger partial charge in [0.1, 0.15) is 5.75 Å². The maximum atomic E-state index is 6.04. The number of anilines is 1. The highest BCUT2D eigenvalue weighted by atomic mass is 16.5. The first-order valence-corrected chi connectivity index (χ1v) is 6.47. The van der Waals surface area contributed by atoms with Gasteiger partial charge in [-0.05, 0) is 36.4 Å². The lowest BCUT2D eigenvalue weighted by Gasteiger charge is -2.15. The van der Waals surface area contributed by atoms with Crippen molar-refractivity contribution in [1.29, 1.82) is 0 Å². The maximum absolute atomic E-state index is 6.04. The van der Waals surface area contributed by atoms with E-state index >= 15 is 0 Å². The number of methoxy groups -OCH3 is 1. The second-order valence-electron chi connectivity index (χ2n) is 4.38. The van der Waals surface area contributed by atoms with Crippen LogP contribution in [0.15, 0.2) is 18.2 Å². The fraction of sp³-hybridized carbons (Fsp3) is 0.462. The summed E-state index contributed by atoms with van der Waals surface area (Å²) in [6, 6.07) is 5.46. The van der Waals surface area contributed by atoms with Crippen molar-refractivity contribution in [3.05, 3.63) is 18.2 Å². The Balaban J connectivity index is 2.42. The number of rotatable bonds is 6. The van der Waals surface area contributed by atoms with Crippen LogP contribution in [0, 0.1) is 0 Å². The molecule has 0 radical (unpaired) electrons. The molecule has 0 amide bonds. The Morgan fingerprint density at radius 2 is 2.20 bits per heavy atom. The first-order chi connectivity index (χ1) is 9.69. The van der Waals surface area contributed by atoms with Crippen molar-refractivity contribution in [3.8, 4) is 17.1 Å². The fourth-order valence-electron chi connectivity index (χ4n) is 1.97. The third-order valence-electron chi connectivity index (χ3n) is 2.98. The summed E-state index contributed by atoms with van der Waals surface area (Å²) in [5.74, 6) is 1.22. The van der Waals surface area contributed by atoms with Crippen molar-refractivity contribution in [2.75, 3.05) is 26.1 Å². The molecule has 0 bridgehead atoms. The molecule has 1 heterocycles. The predicted molar refractivity (Wildman–Crippen MR) is 75.4 cm³/mol. The van der Waals surface area contributed by atoms with Crippen LogP contribution in [-0.2, 0) is 4.74 Å². The van der Waals surface area contributed by atoms with Crippen molar-refractivity contribution >= 4 is 5.69 Å². The van der Waals surface area contributed by atoms with Gasteiger partial charge in [-0.2, -0.15) is 0 Å². The summed E-state index contributed by atoms with van der Waals surface area (Å²) in [6.45, 7) is 5.12. The van der Waals surface area contributed by atoms with Gasteiger partial charge >= 0.3 is 0 Å². The summed E-state index contributed by atoms with van der Waals surface area (Å²) < 4.78 is 12.5. The number of tetrazole rings is 1. The Labute approximate surface area is 117 Å². The minimum Gasteiger partial charge on any atom is -0.496 e. The normalized spacial score (nSPS) is 12.3. The lowest BCUT2D eigenvalue weighted by Crippen LogP contribution is -2.15. The van der Waals surface area contributed by atoms with E-state index in [0.717, 1.165) is 0 Å². The molecule has 0 saturated heterocycles. The van der Waals surface area contributed by atoms with Crippen LogP contribution in [0.5, 0.6) is 5.75 Å². The SMILES string of the molecule is CCOCC(C)n1nnnc1-c1c(N)cccc1OC. The molecule has 0 fully saturated rings. The molecule has 20 heavy (non-hydrogen) atoms. The Kier molecular flexibility index (Phi) is 4.52. The lowest BCUT2D eigenvalue weighted by molar-refractivity contribution is 0.115. The summed E-state index contributed by atoms with van der Waals surface area (Å²) in [7, 11) is 1.59. The van der Waals surface area contributed by atoms with Gasteiger partial charge in [0.25, 0.3) is 0 Å². The molecule has 7 heteroatoms. The average Bonchev–Trinajstić information content (AvgIpc) is 2.93. The standard InChI is InChI=1S/C13H19N5O2/c1-4-20-8-9(2)18-13(15-16-17-18)12-10(14)6-5-7-11(12)19-3/h5-7,9H,4,8,14H2,1-3H3. The highest BCUT2D eigenvalue weighted by Crippen LogP contribution is 2.34. The van der Waals surface area contributed by atoms with Crippen LogP contribution >= 0.6 is 0 Å². The predicted octanol–water partition coefficient (Wildman–Crippen LogP) is 1.53. The highest BCUT2D eigenvalue weighted by molar-refractivity contribution is 5.77. The Morgan fingerprint density at radius 1 is 1.40 bits per heavy atom. The number of hydrogen-bond donors (Lipinski definition) is 1. The van der Waals surface area contributed by atoms with Gasteiger partial charge < -0.3 is 15.2 Å². The van der Waals surface area contributed by atoms with Crippen molar-refractivity contribution in [2.24, 2.45) is 0 Å². The van der Waals surface area contributed by atoms with Gasteiger partial charge in [-0.15, -0.1) is 5.10 Å². The fourth-order valence-corrected chi connectivity index (χ4v) is 1.97. The maximum Gasteiger partial charge on any atom is 0.188 e. The third-order valence-corrected chi connectivity index (χ3v) is 2.98. The molecule has 0 aliphatic carbocycles. The molecule has 1 aromatic heterocycles. The van der Waals surface area contributed by atoms with Crippen molar-refractivity contribution in [2.45, 2.75) is 19.9 Å². The van der Waals surface area contributed by atoms with Gasteiger partial charge in [-0.3, -0.25) is 0 Å². The summed E-state index contributed by atoms with van der Waals surface area (Å²) in [6.07, 6.45) is 0. The molecule has 108 valence electrons. The van der Waals surface area contributed by atoms with Gasteiger partial charge in [-0.1, -0.05) is 6.07 Å². The largest absolute Gasteiger partial charge is 0.496 e. The minimum absolute atomic E-state index is 0.00395. The third kappa shape index (κ3) is 2.72. The lowest BCUT2D eigenvalue weighted by atomic mass is 10.1. The van der Waals surface area contributed by atoms with E-state index in [1.165, 1.54) is 0 Å². The topological polar surface area (TPSA) is 88.1 Å². The highest BCUT2D eigenvalue weighted by Gasteiger charge is 2.20. The Bertz CT molecular complexity index is 570. The van der Waals surface area contributed by atoms with Gasteiger partial charge in [0.15, 0.2) is 5.82 Å². The monoisotopic (exact) mass is 277 g/mol. The smallest absolute Gasteiger partial charge is 0.188 e. The van der Waals surface area contributed by atoms with Crippen molar-refractivity contribution < 1.29 is 9.47 Å². The summed E-state index contributed by atoms with van der Waals surface area (Å²) in [5, 5.41) is 11.8. The van der Waals surface area contributed by atoms with Crippen LogP contribution in [-0.4, -0.2) is 40.5 Å². The Morgan fingerprint density at radius 3 is 2.90 bits per heavy atom. The van der Waals surface area contributed by atoms with Crippen molar-refractivity contribution in [1.82, 2.24) is 20.2 Å². The molecule has 1 atom stereocenters. The quantitative estimate of drug-likeness (QED) is 0.805. The van der Waals surface area contributed by atoms with E-state index in [4.69, 9.17) is 15.2 Å². The molecular formula is C13H19N5O2. The van der Waals surface area contributed by atoms with Crippen LogP contribution in [0.25, 0.3) is 11.4 Å². The molecule has 2 aromatic rings. The molecular weight excluding hydrogens is 258 g/mol. The molecule has 7 nitrogen and oxygen atoms in total. The molecule has 0 saturated carbocycles. The molecule has 0 spiro atoms. The van der Waals surface area contributed by atoms with Crippen molar-refractivity contribution in [3.63, 3.8) is 0 Å². The number of aromatic nitrogens is 4. The first-order valence-electron chi connectivity index (χ1n) is 6.47. The number of benzene rings is 1. The van der Waals surface area contributed by atoms with Crippen LogP contribution in [0.1, 0.15) is 19.9 Å². The Hall–Kier alpha value is -2.15. The molecule has 2 rings (SSSR count).